The van der Waals surface area contributed by atoms with Crippen LogP contribution in [0.5, 0.6) is 17.2 Å². The second-order valence-corrected chi connectivity index (χ2v) is 9.03. The summed E-state index contributed by atoms with van der Waals surface area (Å²) in [6.45, 7) is 5.09. The number of aromatic nitrogens is 1. The van der Waals surface area contributed by atoms with Crippen molar-refractivity contribution in [3.8, 4) is 17.2 Å². The van der Waals surface area contributed by atoms with Gasteiger partial charge in [-0.25, -0.2) is 0 Å². The van der Waals surface area contributed by atoms with E-state index in [1.807, 2.05) is 34.9 Å². The lowest BCUT2D eigenvalue weighted by Gasteiger charge is -2.30. The molecule has 6 nitrogen and oxygen atoms in total. The Hall–Kier alpha value is -3.48. The normalized spacial score (nSPS) is 13.6. The second-order valence-electron chi connectivity index (χ2n) is 9.03. The number of aliphatic hydroxyl groups is 1. The van der Waals surface area contributed by atoms with Crippen molar-refractivity contribution in [2.45, 2.75) is 39.8 Å². The molecule has 35 heavy (non-hydrogen) atoms. The molecular formula is C29H32N2O4. The molecule has 0 atom stereocenters. The van der Waals surface area contributed by atoms with E-state index < -0.39 is 0 Å². The molecule has 0 saturated carbocycles. The van der Waals surface area contributed by atoms with Crippen LogP contribution in [-0.4, -0.2) is 35.3 Å². The van der Waals surface area contributed by atoms with Crippen molar-refractivity contribution in [1.82, 2.24) is 9.47 Å². The molecule has 1 aliphatic heterocycles. The van der Waals surface area contributed by atoms with Crippen LogP contribution in [-0.2, 0) is 32.8 Å². The van der Waals surface area contributed by atoms with Gasteiger partial charge in [-0.3, -0.25) is 4.90 Å². The quantitative estimate of drug-likeness (QED) is 0.389. The molecule has 1 aliphatic rings. The van der Waals surface area contributed by atoms with Gasteiger partial charge in [0.15, 0.2) is 11.5 Å². The summed E-state index contributed by atoms with van der Waals surface area (Å²) in [6.07, 6.45) is 0.941. The van der Waals surface area contributed by atoms with E-state index in [0.717, 1.165) is 65.5 Å². The van der Waals surface area contributed by atoms with Crippen molar-refractivity contribution in [2.24, 2.45) is 0 Å². The summed E-state index contributed by atoms with van der Waals surface area (Å²) in [6, 6.07) is 20.4. The SMILES string of the molecule is COc1ccc2c(c1)c(C)c(CN1CCc3cc(OC)c(OCc4ccccc4)cc3C1)n2CO. The highest BCUT2D eigenvalue weighted by Gasteiger charge is 2.23. The van der Waals surface area contributed by atoms with E-state index in [-0.39, 0.29) is 6.73 Å². The van der Waals surface area contributed by atoms with Crippen molar-refractivity contribution in [3.05, 3.63) is 88.6 Å². The number of ether oxygens (including phenoxy) is 3. The average Bonchev–Trinajstić information content (AvgIpc) is 3.17. The number of methoxy groups -OCH3 is 2. The van der Waals surface area contributed by atoms with E-state index in [1.165, 1.54) is 16.7 Å². The van der Waals surface area contributed by atoms with Gasteiger partial charge in [0.25, 0.3) is 0 Å². The van der Waals surface area contributed by atoms with E-state index in [9.17, 15) is 5.11 Å². The molecule has 0 saturated heterocycles. The Kier molecular flexibility index (Phi) is 6.66. The van der Waals surface area contributed by atoms with Crippen molar-refractivity contribution < 1.29 is 19.3 Å². The van der Waals surface area contributed by atoms with Crippen molar-refractivity contribution in [2.75, 3.05) is 20.8 Å². The smallest absolute Gasteiger partial charge is 0.162 e. The summed E-state index contributed by atoms with van der Waals surface area (Å²) < 4.78 is 19.2. The van der Waals surface area contributed by atoms with Crippen LogP contribution >= 0.6 is 0 Å². The molecule has 0 amide bonds. The molecule has 182 valence electrons. The molecule has 1 N–H and O–H groups in total. The Morgan fingerprint density at radius 3 is 2.46 bits per heavy atom. The molecule has 2 heterocycles. The molecule has 0 spiro atoms. The summed E-state index contributed by atoms with van der Waals surface area (Å²) in [7, 11) is 3.37. The lowest BCUT2D eigenvalue weighted by Crippen LogP contribution is -2.31. The third-order valence-corrected chi connectivity index (χ3v) is 6.99. The van der Waals surface area contributed by atoms with Crippen LogP contribution in [0.2, 0.25) is 0 Å². The first-order chi connectivity index (χ1) is 17.1. The number of hydrogen-bond donors (Lipinski definition) is 1. The molecule has 0 fully saturated rings. The Balaban J connectivity index is 1.39. The number of rotatable bonds is 8. The zero-order valence-electron chi connectivity index (χ0n) is 20.6. The van der Waals surface area contributed by atoms with Crippen molar-refractivity contribution in [3.63, 3.8) is 0 Å². The highest BCUT2D eigenvalue weighted by Crippen LogP contribution is 2.35. The van der Waals surface area contributed by atoms with Crippen LogP contribution in [0.15, 0.2) is 60.7 Å². The molecule has 1 aromatic heterocycles. The molecule has 4 aromatic rings. The highest BCUT2D eigenvalue weighted by atomic mass is 16.5. The molecular weight excluding hydrogens is 440 g/mol. The van der Waals surface area contributed by atoms with Crippen LogP contribution in [0.4, 0.5) is 0 Å². The van der Waals surface area contributed by atoms with Crippen molar-refractivity contribution >= 4 is 10.9 Å². The maximum Gasteiger partial charge on any atom is 0.162 e. The van der Waals surface area contributed by atoms with E-state index in [4.69, 9.17) is 14.2 Å². The van der Waals surface area contributed by atoms with Crippen LogP contribution < -0.4 is 14.2 Å². The molecule has 0 unspecified atom stereocenters. The van der Waals surface area contributed by atoms with Gasteiger partial charge in [0.05, 0.1) is 19.7 Å². The third kappa shape index (κ3) is 4.59. The van der Waals surface area contributed by atoms with E-state index in [1.54, 1.807) is 14.2 Å². The van der Waals surface area contributed by atoms with Gasteiger partial charge in [-0.1, -0.05) is 30.3 Å². The number of benzene rings is 3. The van der Waals surface area contributed by atoms with Crippen molar-refractivity contribution in [1.29, 1.82) is 0 Å². The molecule has 0 bridgehead atoms. The Bertz CT molecular complexity index is 1330. The molecule has 6 heteroatoms. The predicted molar refractivity (Wildman–Crippen MR) is 137 cm³/mol. The minimum atomic E-state index is -0.0505. The first-order valence-electron chi connectivity index (χ1n) is 12.0. The zero-order chi connectivity index (χ0) is 24.4. The number of hydrogen-bond acceptors (Lipinski definition) is 5. The standard InChI is InChI=1S/C29H32N2O4/c1-20-25-15-24(33-2)9-10-26(25)31(19-32)27(20)17-30-12-11-22-13-28(34-3)29(14-23(22)16-30)35-18-21-7-5-4-6-8-21/h4-10,13-15,32H,11-12,16-19H2,1-3H3. The van der Waals surface area contributed by atoms with Gasteiger partial charge >= 0.3 is 0 Å². The van der Waals surface area contributed by atoms with Crippen LogP contribution in [0.3, 0.4) is 0 Å². The Morgan fingerprint density at radius 2 is 1.71 bits per heavy atom. The number of aryl methyl sites for hydroxylation is 1. The van der Waals surface area contributed by atoms with Crippen LogP contribution in [0.25, 0.3) is 10.9 Å². The maximum atomic E-state index is 10.2. The summed E-state index contributed by atoms with van der Waals surface area (Å²) >= 11 is 0. The van der Waals surface area contributed by atoms with E-state index >= 15 is 0 Å². The summed E-state index contributed by atoms with van der Waals surface area (Å²) in [4.78, 5) is 2.43. The van der Waals surface area contributed by atoms with Gasteiger partial charge in [-0.05, 0) is 65.9 Å². The second kappa shape index (κ2) is 10.0. The first kappa shape index (κ1) is 23.3. The third-order valence-electron chi connectivity index (χ3n) is 6.99. The topological polar surface area (TPSA) is 56.1 Å². The van der Waals surface area contributed by atoms with Gasteiger partial charge in [-0.15, -0.1) is 0 Å². The van der Waals surface area contributed by atoms with Gasteiger partial charge in [0, 0.05) is 30.7 Å². The zero-order valence-corrected chi connectivity index (χ0v) is 20.6. The minimum Gasteiger partial charge on any atom is -0.497 e. The Morgan fingerprint density at radius 1 is 0.914 bits per heavy atom. The average molecular weight is 473 g/mol. The van der Waals surface area contributed by atoms with Gasteiger partial charge in [0.2, 0.25) is 0 Å². The molecule has 5 rings (SSSR count). The summed E-state index contributed by atoms with van der Waals surface area (Å²) in [5.41, 5.74) is 7.02. The monoisotopic (exact) mass is 472 g/mol. The lowest BCUT2D eigenvalue weighted by atomic mass is 9.98. The molecule has 3 aromatic carbocycles. The van der Waals surface area contributed by atoms with Gasteiger partial charge in [0.1, 0.15) is 19.1 Å². The summed E-state index contributed by atoms with van der Waals surface area (Å²) in [5, 5.41) is 11.3. The predicted octanol–water partition coefficient (Wildman–Crippen LogP) is 5.05. The molecule has 0 radical (unpaired) electrons. The maximum absolute atomic E-state index is 10.2. The van der Waals surface area contributed by atoms with Gasteiger partial charge in [-0.2, -0.15) is 0 Å². The number of aliphatic hydroxyl groups excluding tert-OH is 1. The molecule has 0 aliphatic carbocycles. The van der Waals surface area contributed by atoms with Crippen LogP contribution in [0.1, 0.15) is 27.9 Å². The lowest BCUT2D eigenvalue weighted by molar-refractivity contribution is 0.195. The van der Waals surface area contributed by atoms with Gasteiger partial charge < -0.3 is 23.9 Å². The Labute approximate surface area is 206 Å². The van der Waals surface area contributed by atoms with Crippen LogP contribution in [0, 0.1) is 6.92 Å². The first-order valence-corrected chi connectivity index (χ1v) is 12.0. The van der Waals surface area contributed by atoms with E-state index in [0.29, 0.717) is 6.61 Å². The number of nitrogens with zero attached hydrogens (tertiary/aromatic N) is 2. The summed E-state index contributed by atoms with van der Waals surface area (Å²) in [5.74, 6) is 2.37. The fourth-order valence-electron chi connectivity index (χ4n) is 5.02. The minimum absolute atomic E-state index is 0.0505. The highest BCUT2D eigenvalue weighted by molar-refractivity contribution is 5.86. The largest absolute Gasteiger partial charge is 0.497 e. The number of fused-ring (bicyclic) bond motifs is 2. The fourth-order valence-corrected chi connectivity index (χ4v) is 5.02. The fraction of sp³-hybridized carbons (Fsp3) is 0.310. The van der Waals surface area contributed by atoms with E-state index in [2.05, 4.69) is 42.2 Å².